The van der Waals surface area contributed by atoms with Gasteiger partial charge < -0.3 is 4.90 Å². The van der Waals surface area contributed by atoms with E-state index >= 15 is 0 Å². The van der Waals surface area contributed by atoms with Crippen molar-refractivity contribution in [3.05, 3.63) is 36.2 Å². The van der Waals surface area contributed by atoms with Crippen LogP contribution >= 0.6 is 11.8 Å². The summed E-state index contributed by atoms with van der Waals surface area (Å²) in [6.45, 7) is 1.84. The number of carbonyl (C=O) groups excluding carboxylic acids is 1. The van der Waals surface area contributed by atoms with Gasteiger partial charge in [-0.15, -0.1) is 10.2 Å². The van der Waals surface area contributed by atoms with Crippen molar-refractivity contribution in [1.82, 2.24) is 19.7 Å². The topological polar surface area (TPSA) is 85.2 Å². The van der Waals surface area contributed by atoms with Crippen LogP contribution in [0.1, 0.15) is 37.9 Å². The lowest BCUT2D eigenvalue weighted by Crippen LogP contribution is -2.41. The number of aromatic nitrogens is 3. The van der Waals surface area contributed by atoms with Gasteiger partial charge in [-0.3, -0.25) is 9.36 Å². The van der Waals surface area contributed by atoms with E-state index in [1.165, 1.54) is 11.8 Å². The lowest BCUT2D eigenvalue weighted by Gasteiger charge is -2.26. The van der Waals surface area contributed by atoms with Crippen LogP contribution in [0, 0.1) is 0 Å². The summed E-state index contributed by atoms with van der Waals surface area (Å²) in [6, 6.07) is 9.71. The van der Waals surface area contributed by atoms with E-state index in [-0.39, 0.29) is 28.7 Å². The summed E-state index contributed by atoms with van der Waals surface area (Å²) >= 11 is 1.37. The van der Waals surface area contributed by atoms with Gasteiger partial charge in [0.25, 0.3) is 0 Å². The van der Waals surface area contributed by atoms with Crippen LogP contribution in [0.2, 0.25) is 0 Å². The minimum absolute atomic E-state index is 0.0542. The molecule has 0 N–H and O–H groups in total. The first-order valence-corrected chi connectivity index (χ1v) is 12.2. The van der Waals surface area contributed by atoms with E-state index in [9.17, 15) is 13.2 Å². The van der Waals surface area contributed by atoms with Gasteiger partial charge in [-0.2, -0.15) is 0 Å². The normalized spacial score (nSPS) is 22.1. The van der Waals surface area contributed by atoms with Crippen LogP contribution in [0.25, 0.3) is 5.69 Å². The average molecular weight is 421 g/mol. The molecule has 0 radical (unpaired) electrons. The van der Waals surface area contributed by atoms with Crippen molar-refractivity contribution in [3.63, 3.8) is 0 Å². The quantitative estimate of drug-likeness (QED) is 0.667. The van der Waals surface area contributed by atoms with Gasteiger partial charge in [0.2, 0.25) is 5.91 Å². The number of thioether (sulfide) groups is 1. The van der Waals surface area contributed by atoms with Crippen LogP contribution in [0.4, 0.5) is 0 Å². The predicted octanol–water partition coefficient (Wildman–Crippen LogP) is 2.27. The number of sulfone groups is 1. The molecule has 9 heteroatoms. The molecule has 7 nitrogen and oxygen atoms in total. The summed E-state index contributed by atoms with van der Waals surface area (Å²) in [5, 5.41) is 9.07. The third-order valence-electron chi connectivity index (χ3n) is 5.35. The van der Waals surface area contributed by atoms with Gasteiger partial charge in [0.15, 0.2) is 15.0 Å². The van der Waals surface area contributed by atoms with E-state index in [1.807, 2.05) is 41.8 Å². The van der Waals surface area contributed by atoms with Crippen LogP contribution in [0.3, 0.4) is 0 Å². The van der Waals surface area contributed by atoms with Crippen molar-refractivity contribution in [3.8, 4) is 5.69 Å². The molecule has 1 saturated heterocycles. The lowest BCUT2D eigenvalue weighted by molar-refractivity contribution is -0.130. The smallest absolute Gasteiger partial charge is 0.235 e. The van der Waals surface area contributed by atoms with Gasteiger partial charge in [0.05, 0.1) is 16.8 Å². The maximum Gasteiger partial charge on any atom is 0.235 e. The van der Waals surface area contributed by atoms with Crippen LogP contribution < -0.4 is 0 Å². The summed E-state index contributed by atoms with van der Waals surface area (Å²) < 4.78 is 25.5. The van der Waals surface area contributed by atoms with Crippen molar-refractivity contribution in [2.45, 2.75) is 48.6 Å². The maximum absolute atomic E-state index is 12.9. The molecule has 1 aromatic heterocycles. The monoisotopic (exact) mass is 420 g/mol. The fourth-order valence-electron chi connectivity index (χ4n) is 3.54. The SMILES string of the molecule is C[C@H](Sc1nnc(C2CC2)n1-c1ccccc1)C(=O)N(C)[C@H]1CCS(=O)(=O)C1. The molecule has 1 aliphatic heterocycles. The van der Waals surface area contributed by atoms with Gasteiger partial charge in [-0.25, -0.2) is 8.42 Å². The Balaban J connectivity index is 1.53. The van der Waals surface area contributed by atoms with Crippen molar-refractivity contribution in [1.29, 1.82) is 0 Å². The zero-order valence-corrected chi connectivity index (χ0v) is 17.6. The Morgan fingerprint density at radius 3 is 2.54 bits per heavy atom. The number of hydrogen-bond donors (Lipinski definition) is 0. The summed E-state index contributed by atoms with van der Waals surface area (Å²) in [5.41, 5.74) is 0.992. The van der Waals surface area contributed by atoms with Crippen LogP contribution in [0.5, 0.6) is 0 Å². The number of carbonyl (C=O) groups is 1. The Bertz CT molecular complexity index is 970. The molecular weight excluding hydrogens is 396 g/mol. The Hall–Kier alpha value is -1.87. The number of nitrogens with zero attached hydrogens (tertiary/aromatic N) is 4. The fraction of sp³-hybridized carbons (Fsp3) is 0.526. The Morgan fingerprint density at radius 1 is 1.21 bits per heavy atom. The van der Waals surface area contributed by atoms with Crippen LogP contribution in [0.15, 0.2) is 35.5 Å². The Labute approximate surface area is 169 Å². The first-order valence-electron chi connectivity index (χ1n) is 9.50. The molecule has 2 aliphatic rings. The molecule has 1 aromatic carbocycles. The molecule has 0 unspecified atom stereocenters. The second kappa shape index (κ2) is 7.51. The molecule has 150 valence electrons. The third-order valence-corrected chi connectivity index (χ3v) is 8.13. The number of rotatable bonds is 6. The number of hydrogen-bond acceptors (Lipinski definition) is 6. The van der Waals surface area contributed by atoms with Gasteiger partial charge in [-0.05, 0) is 38.3 Å². The van der Waals surface area contributed by atoms with Crippen LogP contribution in [-0.4, -0.2) is 63.8 Å². The standard InChI is InChI=1S/C19H24N4O3S2/c1-13(18(24)22(2)16-10-11-28(25,26)12-16)27-19-21-20-17(14-8-9-14)23(19)15-6-4-3-5-7-15/h3-7,13-14,16H,8-12H2,1-2H3/t13-,16-/m0/s1. The van der Waals surface area contributed by atoms with Crippen molar-refractivity contribution >= 4 is 27.5 Å². The highest BCUT2D eigenvalue weighted by Gasteiger charge is 2.35. The molecule has 1 aliphatic carbocycles. The second-order valence-electron chi connectivity index (χ2n) is 7.55. The number of benzene rings is 1. The van der Waals surface area contributed by atoms with E-state index in [0.717, 1.165) is 24.4 Å². The molecule has 28 heavy (non-hydrogen) atoms. The summed E-state index contributed by atoms with van der Waals surface area (Å²) in [6.07, 6.45) is 2.74. The highest BCUT2D eigenvalue weighted by Crippen LogP contribution is 2.41. The average Bonchev–Trinajstić information content (AvgIpc) is 3.35. The summed E-state index contributed by atoms with van der Waals surface area (Å²) in [7, 11) is -1.33. The maximum atomic E-state index is 12.9. The minimum atomic E-state index is -3.03. The molecule has 2 fully saturated rings. The van der Waals surface area contributed by atoms with E-state index in [2.05, 4.69) is 10.2 Å². The Kier molecular flexibility index (Phi) is 5.22. The van der Waals surface area contributed by atoms with Gasteiger partial charge in [0, 0.05) is 24.7 Å². The first kappa shape index (κ1) is 19.4. The molecule has 4 rings (SSSR count). The fourth-order valence-corrected chi connectivity index (χ4v) is 6.29. The van der Waals surface area contributed by atoms with Crippen LogP contribution in [-0.2, 0) is 14.6 Å². The molecule has 0 spiro atoms. The largest absolute Gasteiger partial charge is 0.341 e. The van der Waals surface area contributed by atoms with E-state index < -0.39 is 9.84 Å². The predicted molar refractivity (Wildman–Crippen MR) is 108 cm³/mol. The minimum Gasteiger partial charge on any atom is -0.341 e. The molecule has 1 saturated carbocycles. The molecule has 2 atom stereocenters. The summed E-state index contributed by atoms with van der Waals surface area (Å²) in [5.74, 6) is 1.51. The second-order valence-corrected chi connectivity index (χ2v) is 11.1. The van der Waals surface area contributed by atoms with E-state index in [0.29, 0.717) is 17.5 Å². The van der Waals surface area contributed by atoms with Gasteiger partial charge >= 0.3 is 0 Å². The Morgan fingerprint density at radius 2 is 1.93 bits per heavy atom. The lowest BCUT2D eigenvalue weighted by atomic mass is 10.2. The van der Waals surface area contributed by atoms with E-state index in [1.54, 1.807) is 11.9 Å². The van der Waals surface area contributed by atoms with E-state index in [4.69, 9.17) is 0 Å². The third kappa shape index (κ3) is 3.96. The highest BCUT2D eigenvalue weighted by molar-refractivity contribution is 8.00. The molecule has 2 heterocycles. The van der Waals surface area contributed by atoms with Gasteiger partial charge in [-0.1, -0.05) is 30.0 Å². The highest BCUT2D eigenvalue weighted by atomic mass is 32.2. The number of amides is 1. The molecular formula is C19H24N4O3S2. The van der Waals surface area contributed by atoms with Crippen molar-refractivity contribution < 1.29 is 13.2 Å². The zero-order chi connectivity index (χ0) is 19.9. The summed E-state index contributed by atoms with van der Waals surface area (Å²) in [4.78, 5) is 14.5. The molecule has 0 bridgehead atoms. The number of para-hydroxylation sites is 1. The molecule has 1 amide bonds. The zero-order valence-electron chi connectivity index (χ0n) is 16.0. The first-order chi connectivity index (χ1) is 13.4. The van der Waals surface area contributed by atoms with Gasteiger partial charge in [0.1, 0.15) is 5.82 Å². The van der Waals surface area contributed by atoms with Crippen molar-refractivity contribution in [2.24, 2.45) is 0 Å². The van der Waals surface area contributed by atoms with Crippen molar-refractivity contribution in [2.75, 3.05) is 18.6 Å². The molecule has 2 aromatic rings.